The minimum Gasteiger partial charge on any atom is -0.465 e. The second-order valence-corrected chi connectivity index (χ2v) is 8.61. The fraction of sp³-hybridized carbons (Fsp3) is 0.708. The Bertz CT molecular complexity index is 659. The van der Waals surface area contributed by atoms with E-state index in [-0.39, 0.29) is 11.9 Å². The third-order valence-corrected chi connectivity index (χ3v) is 6.50. The highest BCUT2D eigenvalue weighted by Gasteiger charge is 2.27. The van der Waals surface area contributed by atoms with Crippen LogP contribution in [0.3, 0.4) is 0 Å². The van der Waals surface area contributed by atoms with Gasteiger partial charge in [-0.15, -0.1) is 0 Å². The van der Waals surface area contributed by atoms with Gasteiger partial charge in [0.15, 0.2) is 0 Å². The highest BCUT2D eigenvalue weighted by molar-refractivity contribution is 5.81. The number of ether oxygens (including phenoxy) is 1. The molecule has 2 aliphatic heterocycles. The van der Waals surface area contributed by atoms with Crippen LogP contribution in [0, 0.1) is 5.92 Å². The van der Waals surface area contributed by atoms with E-state index in [1.165, 1.54) is 24.9 Å². The van der Waals surface area contributed by atoms with Crippen LogP contribution in [0.2, 0.25) is 0 Å². The Morgan fingerprint density at radius 3 is 2.70 bits per heavy atom. The lowest BCUT2D eigenvalue weighted by molar-refractivity contribution is -0.144. The van der Waals surface area contributed by atoms with E-state index in [4.69, 9.17) is 4.74 Å². The number of piperidine rings is 1. The summed E-state index contributed by atoms with van der Waals surface area (Å²) in [7, 11) is 0. The molecule has 3 heterocycles. The summed E-state index contributed by atoms with van der Waals surface area (Å²) in [4.78, 5) is 33.1. The van der Waals surface area contributed by atoms with Gasteiger partial charge >= 0.3 is 5.97 Å². The molecule has 2 saturated heterocycles. The highest BCUT2D eigenvalue weighted by atomic mass is 16.5. The average molecular weight is 416 g/mol. The van der Waals surface area contributed by atoms with Crippen molar-refractivity contribution < 1.29 is 14.3 Å². The molecule has 0 aliphatic carbocycles. The van der Waals surface area contributed by atoms with Crippen LogP contribution in [0.5, 0.6) is 0 Å². The van der Waals surface area contributed by atoms with Crippen LogP contribution in [0.1, 0.15) is 69.9 Å². The van der Waals surface area contributed by atoms with Crippen LogP contribution in [0.4, 0.5) is 0 Å². The third kappa shape index (κ3) is 6.88. The van der Waals surface area contributed by atoms with Crippen molar-refractivity contribution in [1.29, 1.82) is 0 Å². The normalized spacial score (nSPS) is 21.0. The van der Waals surface area contributed by atoms with Crippen molar-refractivity contribution in [2.75, 3.05) is 39.3 Å². The molecule has 2 fully saturated rings. The molecule has 0 spiro atoms. The largest absolute Gasteiger partial charge is 0.465 e. The van der Waals surface area contributed by atoms with Gasteiger partial charge in [0.2, 0.25) is 0 Å². The zero-order valence-corrected chi connectivity index (χ0v) is 18.4. The Kier molecular flexibility index (Phi) is 9.27. The van der Waals surface area contributed by atoms with Gasteiger partial charge in [0.05, 0.1) is 13.2 Å². The second kappa shape index (κ2) is 12.2. The fourth-order valence-corrected chi connectivity index (χ4v) is 4.84. The van der Waals surface area contributed by atoms with Gasteiger partial charge in [-0.25, -0.2) is 0 Å². The molecule has 2 aliphatic rings. The van der Waals surface area contributed by atoms with Crippen LogP contribution >= 0.6 is 0 Å². The van der Waals surface area contributed by atoms with Crippen LogP contribution in [0.25, 0.3) is 0 Å². The molecular weight excluding hydrogens is 378 g/mol. The van der Waals surface area contributed by atoms with E-state index in [2.05, 4.69) is 20.9 Å². The summed E-state index contributed by atoms with van der Waals surface area (Å²) in [6, 6.07) is 4.73. The van der Waals surface area contributed by atoms with Crippen molar-refractivity contribution in [2.45, 2.75) is 64.3 Å². The molecule has 0 saturated carbocycles. The van der Waals surface area contributed by atoms with Gasteiger partial charge in [-0.05, 0) is 83.3 Å². The van der Waals surface area contributed by atoms with Crippen molar-refractivity contribution in [3.05, 3.63) is 30.1 Å². The number of esters is 1. The van der Waals surface area contributed by atoms with Crippen molar-refractivity contribution >= 4 is 11.8 Å². The van der Waals surface area contributed by atoms with E-state index in [0.29, 0.717) is 31.4 Å². The Labute approximate surface area is 181 Å². The lowest BCUT2D eigenvalue weighted by Gasteiger charge is -2.30. The van der Waals surface area contributed by atoms with Gasteiger partial charge < -0.3 is 4.74 Å². The number of likely N-dealkylation sites (tertiary alicyclic amines) is 2. The number of ketones is 1. The molecular formula is C24H37N3O3. The molecule has 0 bridgehead atoms. The van der Waals surface area contributed by atoms with E-state index < -0.39 is 0 Å². The van der Waals surface area contributed by atoms with E-state index in [0.717, 1.165) is 51.7 Å². The fourth-order valence-electron chi connectivity index (χ4n) is 4.84. The zero-order valence-electron chi connectivity index (χ0n) is 18.4. The number of rotatable bonds is 11. The standard InChI is InChI=1S/C24H37N3O3/c1-2-30-24(29)19-26-16-11-20(12-17-26)23(28)10-4-3-5-14-27-15-7-9-22(27)21-8-6-13-25-18-21/h6,8,13,18,20,22H,2-5,7,9-12,14-17,19H2,1H3/t22-/m0/s1. The number of unbranched alkanes of at least 4 members (excludes halogenated alkanes) is 2. The maximum absolute atomic E-state index is 12.6. The maximum atomic E-state index is 12.6. The predicted octanol–water partition coefficient (Wildman–Crippen LogP) is 3.62. The van der Waals surface area contributed by atoms with Gasteiger partial charge in [-0.1, -0.05) is 12.5 Å². The number of hydrogen-bond acceptors (Lipinski definition) is 6. The molecule has 1 atom stereocenters. The summed E-state index contributed by atoms with van der Waals surface area (Å²) in [6.07, 6.45) is 12.0. The van der Waals surface area contributed by atoms with Crippen molar-refractivity contribution in [1.82, 2.24) is 14.8 Å². The second-order valence-electron chi connectivity index (χ2n) is 8.61. The van der Waals surface area contributed by atoms with E-state index in [1.807, 2.05) is 25.4 Å². The predicted molar refractivity (Wildman–Crippen MR) is 117 cm³/mol. The minimum atomic E-state index is -0.161. The number of Topliss-reactive ketones (excluding diaryl/α,β-unsaturated/α-hetero) is 1. The number of pyridine rings is 1. The lowest BCUT2D eigenvalue weighted by atomic mass is 9.90. The molecule has 0 aromatic carbocycles. The highest BCUT2D eigenvalue weighted by Crippen LogP contribution is 2.31. The monoisotopic (exact) mass is 415 g/mol. The molecule has 3 rings (SSSR count). The van der Waals surface area contributed by atoms with Crippen molar-refractivity contribution in [2.24, 2.45) is 5.92 Å². The Morgan fingerprint density at radius 2 is 1.97 bits per heavy atom. The van der Waals surface area contributed by atoms with E-state index in [1.54, 1.807) is 0 Å². The van der Waals surface area contributed by atoms with Crippen molar-refractivity contribution in [3.63, 3.8) is 0 Å². The molecule has 166 valence electrons. The molecule has 0 unspecified atom stereocenters. The van der Waals surface area contributed by atoms with Crippen LogP contribution in [-0.2, 0) is 14.3 Å². The Balaban J connectivity index is 1.28. The molecule has 0 amide bonds. The SMILES string of the molecule is CCOC(=O)CN1CCC(C(=O)CCCCCN2CCC[C@H]2c2cccnc2)CC1. The first-order valence-electron chi connectivity index (χ1n) is 11.7. The van der Waals surface area contributed by atoms with Crippen LogP contribution < -0.4 is 0 Å². The molecule has 1 aromatic heterocycles. The molecule has 30 heavy (non-hydrogen) atoms. The van der Waals surface area contributed by atoms with Crippen molar-refractivity contribution in [3.8, 4) is 0 Å². The van der Waals surface area contributed by atoms with Crippen LogP contribution in [0.15, 0.2) is 24.5 Å². The number of hydrogen-bond donors (Lipinski definition) is 0. The molecule has 0 radical (unpaired) electrons. The number of carbonyl (C=O) groups excluding carboxylic acids is 2. The van der Waals surface area contributed by atoms with E-state index >= 15 is 0 Å². The Hall–Kier alpha value is -1.79. The summed E-state index contributed by atoms with van der Waals surface area (Å²) in [5.74, 6) is 0.434. The smallest absolute Gasteiger partial charge is 0.320 e. The average Bonchev–Trinajstić information content (AvgIpc) is 3.23. The summed E-state index contributed by atoms with van der Waals surface area (Å²) >= 11 is 0. The molecule has 0 N–H and O–H groups in total. The quantitative estimate of drug-likeness (QED) is 0.406. The first-order valence-corrected chi connectivity index (χ1v) is 11.7. The van der Waals surface area contributed by atoms with Gasteiger partial charge in [0.1, 0.15) is 5.78 Å². The van der Waals surface area contributed by atoms with Gasteiger partial charge in [-0.3, -0.25) is 24.4 Å². The maximum Gasteiger partial charge on any atom is 0.320 e. The van der Waals surface area contributed by atoms with E-state index in [9.17, 15) is 9.59 Å². The molecule has 6 heteroatoms. The van der Waals surface area contributed by atoms with Gasteiger partial charge in [0.25, 0.3) is 0 Å². The first-order chi connectivity index (χ1) is 14.7. The summed E-state index contributed by atoms with van der Waals surface area (Å²) in [6.45, 7) is 6.52. The summed E-state index contributed by atoms with van der Waals surface area (Å²) in [5.41, 5.74) is 1.33. The summed E-state index contributed by atoms with van der Waals surface area (Å²) in [5, 5.41) is 0. The first kappa shape index (κ1) is 22.9. The van der Waals surface area contributed by atoms with Gasteiger partial charge in [-0.2, -0.15) is 0 Å². The molecule has 1 aromatic rings. The van der Waals surface area contributed by atoms with Gasteiger partial charge in [0, 0.05) is 30.8 Å². The van der Waals surface area contributed by atoms with Crippen LogP contribution in [-0.4, -0.2) is 65.9 Å². The lowest BCUT2D eigenvalue weighted by Crippen LogP contribution is -2.39. The topological polar surface area (TPSA) is 62.7 Å². The minimum absolute atomic E-state index is 0.161. The zero-order chi connectivity index (χ0) is 21.2. The Morgan fingerprint density at radius 1 is 1.13 bits per heavy atom. The molecule has 6 nitrogen and oxygen atoms in total. The number of nitrogens with zero attached hydrogens (tertiary/aromatic N) is 3. The number of carbonyl (C=O) groups is 2. The third-order valence-electron chi connectivity index (χ3n) is 6.50. The summed E-state index contributed by atoms with van der Waals surface area (Å²) < 4.78 is 5.01. The number of aromatic nitrogens is 1.